The second-order valence-electron chi connectivity index (χ2n) is 9.41. The van der Waals surface area contributed by atoms with Gasteiger partial charge >= 0.3 is 5.97 Å². The van der Waals surface area contributed by atoms with Crippen LogP contribution in [-0.4, -0.2) is 45.9 Å². The van der Waals surface area contributed by atoms with Gasteiger partial charge < -0.3 is 19.8 Å². The minimum Gasteiger partial charge on any atom is -0.484 e. The van der Waals surface area contributed by atoms with Crippen molar-refractivity contribution in [2.75, 3.05) is 19.6 Å². The fraction of sp³-hybridized carbons (Fsp3) is 0.407. The Labute approximate surface area is 220 Å². The Kier molecular flexibility index (Phi) is 8.23. The highest BCUT2D eigenvalue weighted by molar-refractivity contribution is 6.36. The molecule has 9 heteroatoms. The summed E-state index contributed by atoms with van der Waals surface area (Å²) in [5, 5.41) is 17.8. The fourth-order valence-electron chi connectivity index (χ4n) is 4.97. The SMILES string of the molecule is Cc1cc(C2C=CCC(=N)C(OC(C)c3c(Cl)ccc(F)c3Cl)=C2)cn1C1CCN(CC(=O)O)CC1. The molecule has 2 N–H and O–H groups in total. The zero-order valence-corrected chi connectivity index (χ0v) is 21.8. The van der Waals surface area contributed by atoms with E-state index in [0.717, 1.165) is 37.2 Å². The number of benzene rings is 1. The smallest absolute Gasteiger partial charge is 0.317 e. The van der Waals surface area contributed by atoms with Crippen molar-refractivity contribution >= 4 is 34.9 Å². The summed E-state index contributed by atoms with van der Waals surface area (Å²) in [7, 11) is 0. The monoisotopic (exact) mass is 533 g/mol. The van der Waals surface area contributed by atoms with Gasteiger partial charge in [0.05, 0.1) is 17.3 Å². The largest absolute Gasteiger partial charge is 0.484 e. The van der Waals surface area contributed by atoms with Crippen LogP contribution in [0.15, 0.2) is 48.4 Å². The summed E-state index contributed by atoms with van der Waals surface area (Å²) in [6.07, 6.45) is 9.65. The Hall–Kier alpha value is -2.61. The van der Waals surface area contributed by atoms with Crippen molar-refractivity contribution < 1.29 is 19.0 Å². The van der Waals surface area contributed by atoms with Gasteiger partial charge in [0.15, 0.2) is 0 Å². The van der Waals surface area contributed by atoms with Crippen LogP contribution in [0, 0.1) is 18.2 Å². The van der Waals surface area contributed by atoms with Crippen molar-refractivity contribution in [3.05, 3.63) is 81.1 Å². The number of halogens is 3. The maximum absolute atomic E-state index is 14.0. The molecule has 6 nitrogen and oxygen atoms in total. The number of carboxylic acids is 1. The van der Waals surface area contributed by atoms with Crippen molar-refractivity contribution in [3.8, 4) is 0 Å². The lowest BCUT2D eigenvalue weighted by Crippen LogP contribution is -2.38. The third-order valence-corrected chi connectivity index (χ3v) is 7.56. The van der Waals surface area contributed by atoms with E-state index in [1.165, 1.54) is 12.1 Å². The second kappa shape index (κ2) is 11.2. The zero-order valence-electron chi connectivity index (χ0n) is 20.3. The second-order valence-corrected chi connectivity index (χ2v) is 10.2. The molecule has 2 aliphatic rings. The van der Waals surface area contributed by atoms with E-state index in [1.54, 1.807) is 6.92 Å². The molecule has 0 spiro atoms. The van der Waals surface area contributed by atoms with Crippen LogP contribution < -0.4 is 0 Å². The maximum atomic E-state index is 14.0. The maximum Gasteiger partial charge on any atom is 0.317 e. The van der Waals surface area contributed by atoms with Crippen molar-refractivity contribution in [1.29, 1.82) is 5.41 Å². The molecule has 4 rings (SSSR count). The van der Waals surface area contributed by atoms with Crippen molar-refractivity contribution in [1.82, 2.24) is 9.47 Å². The standard InChI is InChI=1S/C27H30Cl2FN3O3/c1-16-12-19(14-33(16)20-8-10-32(11-9-20)15-25(34)35)18-4-3-5-23(31)24(13-18)36-17(2)26-21(28)6-7-22(30)27(26)29/h3-4,6-7,12-14,17-18,20,31H,5,8-11,15H2,1-2H3,(H,34,35). The lowest BCUT2D eigenvalue weighted by molar-refractivity contribution is -0.138. The molecule has 2 unspecified atom stereocenters. The van der Waals surface area contributed by atoms with Crippen molar-refractivity contribution in [2.24, 2.45) is 0 Å². The van der Waals surface area contributed by atoms with E-state index >= 15 is 0 Å². The Morgan fingerprint density at radius 2 is 2.03 bits per heavy atom. The van der Waals surface area contributed by atoms with Gasteiger partial charge in [0, 0.05) is 53.9 Å². The molecule has 36 heavy (non-hydrogen) atoms. The zero-order chi connectivity index (χ0) is 26.0. The highest BCUT2D eigenvalue weighted by Gasteiger charge is 2.25. The number of hydrogen-bond donors (Lipinski definition) is 2. The average Bonchev–Trinajstić information content (AvgIpc) is 3.12. The molecule has 0 amide bonds. The molecule has 192 valence electrons. The van der Waals surface area contributed by atoms with Crippen LogP contribution in [0.1, 0.15) is 61.1 Å². The molecule has 1 aliphatic carbocycles. The summed E-state index contributed by atoms with van der Waals surface area (Å²) in [5.74, 6) is -1.04. The Morgan fingerprint density at radius 3 is 2.72 bits per heavy atom. The van der Waals surface area contributed by atoms with Crippen LogP contribution in [0.25, 0.3) is 0 Å². The fourth-order valence-corrected chi connectivity index (χ4v) is 5.65. The van der Waals surface area contributed by atoms with Crippen LogP contribution in [-0.2, 0) is 9.53 Å². The molecule has 2 atom stereocenters. The number of ether oxygens (including phenoxy) is 1. The number of aliphatic carboxylic acids is 1. The van der Waals surface area contributed by atoms with Gasteiger partial charge in [-0.05, 0) is 56.5 Å². The topological polar surface area (TPSA) is 78.5 Å². The van der Waals surface area contributed by atoms with Gasteiger partial charge in [-0.25, -0.2) is 4.39 Å². The van der Waals surface area contributed by atoms with E-state index in [4.69, 9.17) is 38.5 Å². The third kappa shape index (κ3) is 5.85. The average molecular weight is 534 g/mol. The van der Waals surface area contributed by atoms with Gasteiger partial charge in [-0.15, -0.1) is 0 Å². The van der Waals surface area contributed by atoms with Crippen LogP contribution in [0.5, 0.6) is 0 Å². The first kappa shape index (κ1) is 26.5. The van der Waals surface area contributed by atoms with Crippen LogP contribution >= 0.6 is 23.2 Å². The Morgan fingerprint density at radius 1 is 1.31 bits per heavy atom. The van der Waals surface area contributed by atoms with Crippen LogP contribution in [0.2, 0.25) is 10.0 Å². The van der Waals surface area contributed by atoms with Gasteiger partial charge in [-0.3, -0.25) is 9.69 Å². The third-order valence-electron chi connectivity index (χ3n) is 6.85. The summed E-state index contributed by atoms with van der Waals surface area (Å²) < 4.78 is 22.5. The molecule has 2 heterocycles. The van der Waals surface area contributed by atoms with E-state index in [0.29, 0.717) is 34.5 Å². The normalized spacial score (nSPS) is 20.2. The number of nitrogens with zero attached hydrogens (tertiary/aromatic N) is 2. The number of allylic oxidation sites excluding steroid dienone is 4. The summed E-state index contributed by atoms with van der Waals surface area (Å²) in [5.41, 5.74) is 2.90. The summed E-state index contributed by atoms with van der Waals surface area (Å²) >= 11 is 12.5. The van der Waals surface area contributed by atoms with E-state index in [9.17, 15) is 9.18 Å². The number of hydrogen-bond acceptors (Lipinski definition) is 4. The number of carboxylic acid groups (broad SMARTS) is 1. The molecule has 1 fully saturated rings. The summed E-state index contributed by atoms with van der Waals surface area (Å²) in [6.45, 7) is 5.41. The number of aromatic nitrogens is 1. The minimum absolute atomic E-state index is 0.0764. The predicted octanol–water partition coefficient (Wildman–Crippen LogP) is 6.69. The number of likely N-dealkylation sites (tertiary alicyclic amines) is 1. The first-order chi connectivity index (χ1) is 17.1. The number of carbonyl (C=O) groups is 1. The molecule has 1 aromatic heterocycles. The molecule has 0 saturated carbocycles. The predicted molar refractivity (Wildman–Crippen MR) is 140 cm³/mol. The van der Waals surface area contributed by atoms with Gasteiger partial charge in [-0.2, -0.15) is 0 Å². The van der Waals surface area contributed by atoms with Crippen LogP contribution in [0.4, 0.5) is 4.39 Å². The van der Waals surface area contributed by atoms with Crippen molar-refractivity contribution in [2.45, 2.75) is 51.2 Å². The molecule has 0 bridgehead atoms. The van der Waals surface area contributed by atoms with E-state index < -0.39 is 17.9 Å². The number of rotatable bonds is 7. The molecule has 0 radical (unpaired) electrons. The number of piperidine rings is 1. The van der Waals surface area contributed by atoms with Gasteiger partial charge in [0.25, 0.3) is 0 Å². The van der Waals surface area contributed by atoms with Crippen LogP contribution in [0.3, 0.4) is 0 Å². The summed E-state index contributed by atoms with van der Waals surface area (Å²) in [6, 6.07) is 5.13. The quantitative estimate of drug-likeness (QED) is 0.307. The molecular formula is C27H30Cl2FN3O3. The van der Waals surface area contributed by atoms with E-state index in [2.05, 4.69) is 29.8 Å². The van der Waals surface area contributed by atoms with E-state index in [1.807, 2.05) is 17.1 Å². The van der Waals surface area contributed by atoms with Gasteiger partial charge in [-0.1, -0.05) is 35.4 Å². The highest BCUT2D eigenvalue weighted by atomic mass is 35.5. The molecular weight excluding hydrogens is 504 g/mol. The first-order valence-electron chi connectivity index (χ1n) is 12.0. The van der Waals surface area contributed by atoms with Crippen molar-refractivity contribution in [3.63, 3.8) is 0 Å². The van der Waals surface area contributed by atoms with Gasteiger partial charge in [0.2, 0.25) is 0 Å². The lowest BCUT2D eigenvalue weighted by Gasteiger charge is -2.32. The Balaban J connectivity index is 1.53. The molecule has 1 aromatic carbocycles. The Bertz CT molecular complexity index is 1220. The van der Waals surface area contributed by atoms with Gasteiger partial charge in [0.1, 0.15) is 17.7 Å². The first-order valence-corrected chi connectivity index (χ1v) is 12.8. The summed E-state index contributed by atoms with van der Waals surface area (Å²) in [4.78, 5) is 13.0. The molecule has 2 aromatic rings. The number of nitrogens with one attached hydrogen (secondary N) is 1. The van der Waals surface area contributed by atoms with E-state index in [-0.39, 0.29) is 17.5 Å². The lowest BCUT2D eigenvalue weighted by atomic mass is 10.0. The minimum atomic E-state index is -0.792. The molecule has 1 saturated heterocycles. The highest BCUT2D eigenvalue weighted by Crippen LogP contribution is 2.37. The number of aryl methyl sites for hydroxylation is 1. The molecule has 1 aliphatic heterocycles.